The van der Waals surface area contributed by atoms with Crippen LogP contribution in [-0.4, -0.2) is 43.0 Å². The van der Waals surface area contributed by atoms with Gasteiger partial charge in [0.1, 0.15) is 17.0 Å². The molecule has 5 rings (SSSR count). The van der Waals surface area contributed by atoms with E-state index in [4.69, 9.17) is 13.6 Å². The minimum absolute atomic E-state index is 0.0221. The second-order valence-corrected chi connectivity index (χ2v) is 7.90. The molecular formula is C25H19F3N2O5. The molecule has 0 radical (unpaired) electrons. The Hall–Kier alpha value is -4.05. The standard InChI is InChI=1S/C25H19F3N2O5/c26-25(27,28)16-5-3-4-15(14-16)18-8-9-20(34-18)23(31)29-21-17-6-1-2-7-19(17)35-22(21)24(32)30-10-12-33-13-11-30/h1-9,14H,10-13H2,(H,29,31). The van der Waals surface area contributed by atoms with Crippen LogP contribution in [-0.2, 0) is 10.9 Å². The number of ether oxygens (including phenoxy) is 1. The maximum Gasteiger partial charge on any atom is 0.416 e. The Labute approximate surface area is 197 Å². The van der Waals surface area contributed by atoms with Gasteiger partial charge < -0.3 is 23.8 Å². The highest BCUT2D eigenvalue weighted by Crippen LogP contribution is 2.34. The molecule has 2 aromatic heterocycles. The van der Waals surface area contributed by atoms with Crippen molar-refractivity contribution < 1.29 is 36.3 Å². The highest BCUT2D eigenvalue weighted by molar-refractivity contribution is 6.13. The van der Waals surface area contributed by atoms with Crippen LogP contribution in [0.4, 0.5) is 18.9 Å². The van der Waals surface area contributed by atoms with Crippen molar-refractivity contribution in [2.45, 2.75) is 6.18 Å². The first-order valence-electron chi connectivity index (χ1n) is 10.8. The number of para-hydroxylation sites is 1. The lowest BCUT2D eigenvalue weighted by atomic mass is 10.1. The molecule has 1 fully saturated rings. The molecule has 0 bridgehead atoms. The van der Waals surface area contributed by atoms with Gasteiger partial charge in [0.05, 0.1) is 18.8 Å². The fourth-order valence-corrected chi connectivity index (χ4v) is 3.87. The summed E-state index contributed by atoms with van der Waals surface area (Å²) < 4.78 is 55.8. The molecule has 2 aromatic carbocycles. The van der Waals surface area contributed by atoms with E-state index in [1.165, 1.54) is 24.3 Å². The average molecular weight is 484 g/mol. The van der Waals surface area contributed by atoms with Crippen molar-refractivity contribution in [3.05, 3.63) is 77.7 Å². The molecule has 0 saturated carbocycles. The van der Waals surface area contributed by atoms with E-state index in [1.54, 1.807) is 29.2 Å². The number of amides is 2. The first-order chi connectivity index (χ1) is 16.8. The number of nitrogens with zero attached hydrogens (tertiary/aromatic N) is 1. The molecule has 3 heterocycles. The molecule has 35 heavy (non-hydrogen) atoms. The summed E-state index contributed by atoms with van der Waals surface area (Å²) in [6.45, 7) is 1.58. The van der Waals surface area contributed by atoms with Crippen LogP contribution in [0.25, 0.3) is 22.3 Å². The van der Waals surface area contributed by atoms with E-state index in [-0.39, 0.29) is 34.4 Å². The van der Waals surface area contributed by atoms with E-state index in [9.17, 15) is 22.8 Å². The normalized spacial score (nSPS) is 14.3. The van der Waals surface area contributed by atoms with E-state index < -0.39 is 17.6 Å². The Balaban J connectivity index is 1.44. The van der Waals surface area contributed by atoms with E-state index in [0.29, 0.717) is 37.3 Å². The Morgan fingerprint density at radius 1 is 0.914 bits per heavy atom. The van der Waals surface area contributed by atoms with Crippen LogP contribution < -0.4 is 5.32 Å². The van der Waals surface area contributed by atoms with Crippen molar-refractivity contribution >= 4 is 28.5 Å². The number of carbonyl (C=O) groups is 2. The maximum absolute atomic E-state index is 13.1. The van der Waals surface area contributed by atoms with E-state index in [2.05, 4.69) is 5.32 Å². The lowest BCUT2D eigenvalue weighted by Gasteiger charge is -2.26. The number of alkyl halides is 3. The molecule has 7 nitrogen and oxygen atoms in total. The third-order valence-electron chi connectivity index (χ3n) is 5.63. The molecule has 180 valence electrons. The van der Waals surface area contributed by atoms with Crippen LogP contribution in [0.5, 0.6) is 0 Å². The number of benzene rings is 2. The van der Waals surface area contributed by atoms with Gasteiger partial charge >= 0.3 is 6.18 Å². The van der Waals surface area contributed by atoms with Gasteiger partial charge in [-0.1, -0.05) is 24.3 Å². The molecule has 4 aromatic rings. The Morgan fingerprint density at radius 2 is 1.69 bits per heavy atom. The number of hydrogen-bond acceptors (Lipinski definition) is 5. The van der Waals surface area contributed by atoms with Gasteiger partial charge in [-0.25, -0.2) is 0 Å². The maximum atomic E-state index is 13.1. The molecule has 1 aliphatic heterocycles. The Kier molecular flexibility index (Phi) is 5.81. The minimum atomic E-state index is -4.51. The fraction of sp³-hybridized carbons (Fsp3) is 0.200. The number of hydrogen-bond donors (Lipinski definition) is 1. The molecule has 10 heteroatoms. The first-order valence-corrected chi connectivity index (χ1v) is 10.8. The summed E-state index contributed by atoms with van der Waals surface area (Å²) in [4.78, 5) is 27.7. The van der Waals surface area contributed by atoms with Crippen molar-refractivity contribution in [2.75, 3.05) is 31.6 Å². The number of fused-ring (bicyclic) bond motifs is 1. The first kappa shape index (κ1) is 22.7. The molecular weight excluding hydrogens is 465 g/mol. The largest absolute Gasteiger partial charge is 0.451 e. The molecule has 2 amide bonds. The number of furan rings is 2. The van der Waals surface area contributed by atoms with Crippen molar-refractivity contribution in [1.29, 1.82) is 0 Å². The lowest BCUT2D eigenvalue weighted by molar-refractivity contribution is -0.137. The number of anilines is 1. The van der Waals surface area contributed by atoms with Gasteiger partial charge in [-0.3, -0.25) is 9.59 Å². The molecule has 0 aliphatic carbocycles. The van der Waals surface area contributed by atoms with E-state index in [1.807, 2.05) is 0 Å². The van der Waals surface area contributed by atoms with Crippen LogP contribution in [0.3, 0.4) is 0 Å². The predicted octanol–water partition coefficient (Wildman–Crippen LogP) is 5.44. The summed E-state index contributed by atoms with van der Waals surface area (Å²) in [7, 11) is 0. The second-order valence-electron chi connectivity index (χ2n) is 7.90. The number of morpholine rings is 1. The topological polar surface area (TPSA) is 84.9 Å². The average Bonchev–Trinajstić information content (AvgIpc) is 3.50. The van der Waals surface area contributed by atoms with Gasteiger partial charge in [-0.05, 0) is 36.4 Å². The summed E-state index contributed by atoms with van der Waals surface area (Å²) in [5.41, 5.74) is -0.0352. The summed E-state index contributed by atoms with van der Waals surface area (Å²) >= 11 is 0. The summed E-state index contributed by atoms with van der Waals surface area (Å²) in [6.07, 6.45) is -4.51. The lowest BCUT2D eigenvalue weighted by Crippen LogP contribution is -2.40. The van der Waals surface area contributed by atoms with Gasteiger partial charge in [-0.15, -0.1) is 0 Å². The summed E-state index contributed by atoms with van der Waals surface area (Å²) in [6, 6.07) is 14.3. The van der Waals surface area contributed by atoms with Gasteiger partial charge in [0.15, 0.2) is 5.76 Å². The van der Waals surface area contributed by atoms with Gasteiger partial charge in [0.25, 0.3) is 11.8 Å². The molecule has 0 spiro atoms. The zero-order valence-electron chi connectivity index (χ0n) is 18.2. The minimum Gasteiger partial charge on any atom is -0.451 e. The van der Waals surface area contributed by atoms with E-state index in [0.717, 1.165) is 12.1 Å². The number of rotatable bonds is 4. The highest BCUT2D eigenvalue weighted by atomic mass is 19.4. The number of nitrogens with one attached hydrogen (secondary N) is 1. The smallest absolute Gasteiger partial charge is 0.416 e. The SMILES string of the molecule is O=C(Nc1c(C(=O)N2CCOCC2)oc2ccccc12)c1ccc(-c2cccc(C(F)(F)F)c2)o1. The molecule has 1 aliphatic rings. The van der Waals surface area contributed by atoms with Crippen LogP contribution in [0.2, 0.25) is 0 Å². The molecule has 1 saturated heterocycles. The number of carbonyl (C=O) groups excluding carboxylic acids is 2. The van der Waals surface area contributed by atoms with Gasteiger partial charge in [0.2, 0.25) is 5.76 Å². The monoisotopic (exact) mass is 484 g/mol. The zero-order chi connectivity index (χ0) is 24.6. The van der Waals surface area contributed by atoms with Crippen molar-refractivity contribution in [3.8, 4) is 11.3 Å². The summed E-state index contributed by atoms with van der Waals surface area (Å²) in [5, 5.41) is 3.21. The zero-order valence-corrected chi connectivity index (χ0v) is 18.2. The summed E-state index contributed by atoms with van der Waals surface area (Å²) in [5.74, 6) is -1.11. The second kappa shape index (κ2) is 8.95. The third-order valence-corrected chi connectivity index (χ3v) is 5.63. The van der Waals surface area contributed by atoms with Crippen LogP contribution in [0.1, 0.15) is 26.7 Å². The Morgan fingerprint density at radius 3 is 2.46 bits per heavy atom. The molecule has 1 N–H and O–H groups in total. The number of halogens is 3. The van der Waals surface area contributed by atoms with E-state index >= 15 is 0 Å². The van der Waals surface area contributed by atoms with Crippen molar-refractivity contribution in [2.24, 2.45) is 0 Å². The van der Waals surface area contributed by atoms with Crippen molar-refractivity contribution in [3.63, 3.8) is 0 Å². The van der Waals surface area contributed by atoms with Crippen LogP contribution >= 0.6 is 0 Å². The highest BCUT2D eigenvalue weighted by Gasteiger charge is 2.31. The molecule has 0 unspecified atom stereocenters. The third kappa shape index (κ3) is 4.52. The quantitative estimate of drug-likeness (QED) is 0.417. The van der Waals surface area contributed by atoms with Gasteiger partial charge in [0, 0.05) is 24.0 Å². The van der Waals surface area contributed by atoms with Crippen LogP contribution in [0.15, 0.2) is 69.5 Å². The predicted molar refractivity (Wildman–Crippen MR) is 120 cm³/mol. The Bertz CT molecular complexity index is 1400. The van der Waals surface area contributed by atoms with Gasteiger partial charge in [-0.2, -0.15) is 13.2 Å². The molecule has 0 atom stereocenters. The van der Waals surface area contributed by atoms with Crippen molar-refractivity contribution in [1.82, 2.24) is 4.90 Å². The van der Waals surface area contributed by atoms with Crippen LogP contribution in [0, 0.1) is 0 Å². The fourth-order valence-electron chi connectivity index (χ4n) is 3.87.